The van der Waals surface area contributed by atoms with E-state index < -0.39 is 0 Å². The highest BCUT2D eigenvalue weighted by Gasteiger charge is 2.13. The smallest absolute Gasteiger partial charge is 0.248 e. The van der Waals surface area contributed by atoms with E-state index >= 15 is 0 Å². The monoisotopic (exact) mass is 339 g/mol. The van der Waals surface area contributed by atoms with Gasteiger partial charge in [-0.3, -0.25) is 9.48 Å². The number of hydrogen-bond donors (Lipinski definition) is 1. The summed E-state index contributed by atoms with van der Waals surface area (Å²) in [4.78, 5) is 12.2. The van der Waals surface area contributed by atoms with Crippen molar-refractivity contribution in [1.82, 2.24) is 9.78 Å². The maximum atomic E-state index is 12.2. The first kappa shape index (κ1) is 17.3. The van der Waals surface area contributed by atoms with Crippen LogP contribution in [0.3, 0.4) is 0 Å². The van der Waals surface area contributed by atoms with Crippen molar-refractivity contribution in [2.75, 3.05) is 11.9 Å². The molecule has 0 atom stereocenters. The van der Waals surface area contributed by atoms with Crippen molar-refractivity contribution in [3.05, 3.63) is 54.4 Å². The summed E-state index contributed by atoms with van der Waals surface area (Å²) in [5.74, 6) is 1.46. The molecule has 0 saturated heterocycles. The van der Waals surface area contributed by atoms with Crippen molar-refractivity contribution >= 4 is 11.6 Å². The van der Waals surface area contributed by atoms with Crippen molar-refractivity contribution < 1.29 is 9.53 Å². The Bertz CT molecular complexity index is 712. The maximum absolute atomic E-state index is 12.2. The van der Waals surface area contributed by atoms with Crippen LogP contribution in [-0.4, -0.2) is 22.3 Å². The van der Waals surface area contributed by atoms with Gasteiger partial charge < -0.3 is 10.1 Å². The number of hydrogen-bond acceptors (Lipinski definition) is 3. The van der Waals surface area contributed by atoms with Gasteiger partial charge in [-0.05, 0) is 49.8 Å². The predicted octanol–water partition coefficient (Wildman–Crippen LogP) is 4.04. The van der Waals surface area contributed by atoms with Gasteiger partial charge in [0, 0.05) is 30.2 Å². The molecule has 132 valence electrons. The molecule has 5 nitrogen and oxygen atoms in total. The standard InChI is InChI=1S/C20H25N3O2/c1-16-6-8-17(9-7-16)14-20(24)22-18-4-2-5-19(15-18)25-13-12-23-11-3-10-21-23/h2-5,10-11,14-16H,6-9,12-13H2,1H3,(H,22,24). The molecule has 3 rings (SSSR count). The highest BCUT2D eigenvalue weighted by molar-refractivity contribution is 5.99. The van der Waals surface area contributed by atoms with Crippen molar-refractivity contribution in [3.63, 3.8) is 0 Å². The Balaban J connectivity index is 1.50. The molecule has 0 radical (unpaired) electrons. The zero-order valence-electron chi connectivity index (χ0n) is 14.6. The molecule has 25 heavy (non-hydrogen) atoms. The van der Waals surface area contributed by atoms with Crippen LogP contribution in [0, 0.1) is 5.92 Å². The molecule has 5 heteroatoms. The van der Waals surface area contributed by atoms with Crippen LogP contribution >= 0.6 is 0 Å². The second kappa shape index (κ2) is 8.51. The van der Waals surface area contributed by atoms with Crippen LogP contribution in [0.2, 0.25) is 0 Å². The number of allylic oxidation sites excluding steroid dienone is 1. The second-order valence-corrected chi connectivity index (χ2v) is 6.62. The number of rotatable bonds is 6. The normalized spacial score (nSPS) is 17.2. The van der Waals surface area contributed by atoms with Gasteiger partial charge in [0.1, 0.15) is 12.4 Å². The number of anilines is 1. The number of benzene rings is 1. The van der Waals surface area contributed by atoms with Crippen LogP contribution in [0.4, 0.5) is 5.69 Å². The lowest BCUT2D eigenvalue weighted by molar-refractivity contribution is -0.112. The number of amides is 1. The minimum atomic E-state index is -0.0572. The van der Waals surface area contributed by atoms with Crippen molar-refractivity contribution in [2.24, 2.45) is 5.92 Å². The lowest BCUT2D eigenvalue weighted by Crippen LogP contribution is -2.12. The molecule has 1 aromatic heterocycles. The zero-order valence-corrected chi connectivity index (χ0v) is 14.6. The molecule has 1 aromatic carbocycles. The first-order valence-corrected chi connectivity index (χ1v) is 8.90. The zero-order chi connectivity index (χ0) is 17.5. The van der Waals surface area contributed by atoms with E-state index in [1.54, 1.807) is 12.3 Å². The van der Waals surface area contributed by atoms with Crippen LogP contribution in [0.1, 0.15) is 32.6 Å². The van der Waals surface area contributed by atoms with Crippen molar-refractivity contribution in [3.8, 4) is 5.75 Å². The van der Waals surface area contributed by atoms with Crippen molar-refractivity contribution in [1.29, 1.82) is 0 Å². The summed E-state index contributed by atoms with van der Waals surface area (Å²) < 4.78 is 7.56. The van der Waals surface area contributed by atoms with Gasteiger partial charge >= 0.3 is 0 Å². The Morgan fingerprint density at radius 1 is 1.36 bits per heavy atom. The lowest BCUT2D eigenvalue weighted by Gasteiger charge is -2.19. The first-order chi connectivity index (χ1) is 12.2. The number of aromatic nitrogens is 2. The van der Waals surface area contributed by atoms with Crippen LogP contribution in [0.5, 0.6) is 5.75 Å². The largest absolute Gasteiger partial charge is 0.492 e. The third-order valence-electron chi connectivity index (χ3n) is 4.50. The van der Waals surface area contributed by atoms with Gasteiger partial charge in [0.25, 0.3) is 0 Å². The Morgan fingerprint density at radius 3 is 2.96 bits per heavy atom. The molecule has 1 amide bonds. The van der Waals surface area contributed by atoms with E-state index in [-0.39, 0.29) is 5.91 Å². The topological polar surface area (TPSA) is 56.1 Å². The number of carbonyl (C=O) groups is 1. The summed E-state index contributed by atoms with van der Waals surface area (Å²) in [7, 11) is 0. The minimum absolute atomic E-state index is 0.0572. The van der Waals surface area contributed by atoms with Gasteiger partial charge in [0.2, 0.25) is 5.91 Å². The van der Waals surface area contributed by atoms with Gasteiger partial charge in [-0.15, -0.1) is 0 Å². The van der Waals surface area contributed by atoms with Gasteiger partial charge in [0.05, 0.1) is 6.54 Å². The molecule has 0 unspecified atom stereocenters. The number of ether oxygens (including phenoxy) is 1. The summed E-state index contributed by atoms with van der Waals surface area (Å²) >= 11 is 0. The fourth-order valence-corrected chi connectivity index (χ4v) is 2.99. The van der Waals surface area contributed by atoms with E-state index in [1.807, 2.05) is 41.2 Å². The number of carbonyl (C=O) groups excluding carboxylic acids is 1. The summed E-state index contributed by atoms with van der Waals surface area (Å²) in [6.07, 6.45) is 9.84. The minimum Gasteiger partial charge on any atom is -0.492 e. The summed E-state index contributed by atoms with van der Waals surface area (Å²) in [5, 5.41) is 7.07. The Kier molecular flexibility index (Phi) is 5.88. The van der Waals surface area contributed by atoms with E-state index in [1.165, 1.54) is 18.4 Å². The molecule has 0 aliphatic heterocycles. The molecule has 1 fully saturated rings. The number of nitrogens with zero attached hydrogens (tertiary/aromatic N) is 2. The number of nitrogens with one attached hydrogen (secondary N) is 1. The third kappa shape index (κ3) is 5.48. The molecule has 1 N–H and O–H groups in total. The average molecular weight is 339 g/mol. The predicted molar refractivity (Wildman–Crippen MR) is 98.5 cm³/mol. The summed E-state index contributed by atoms with van der Waals surface area (Å²) in [6.45, 7) is 3.49. The summed E-state index contributed by atoms with van der Waals surface area (Å²) in [6, 6.07) is 9.38. The molecular formula is C20H25N3O2. The molecule has 0 spiro atoms. The molecule has 1 aliphatic rings. The van der Waals surface area contributed by atoms with Crippen molar-refractivity contribution in [2.45, 2.75) is 39.2 Å². The van der Waals surface area contributed by atoms with E-state index in [0.717, 1.165) is 30.2 Å². The third-order valence-corrected chi connectivity index (χ3v) is 4.50. The molecule has 0 bridgehead atoms. The van der Waals surface area contributed by atoms with Gasteiger partial charge in [-0.1, -0.05) is 18.6 Å². The second-order valence-electron chi connectivity index (χ2n) is 6.62. The van der Waals surface area contributed by atoms with E-state index in [9.17, 15) is 4.79 Å². The van der Waals surface area contributed by atoms with Crippen LogP contribution < -0.4 is 10.1 Å². The lowest BCUT2D eigenvalue weighted by atomic mass is 9.87. The van der Waals surface area contributed by atoms with E-state index in [4.69, 9.17) is 4.74 Å². The fraction of sp³-hybridized carbons (Fsp3) is 0.400. The van der Waals surface area contributed by atoms with Crippen LogP contribution in [0.25, 0.3) is 0 Å². The highest BCUT2D eigenvalue weighted by atomic mass is 16.5. The molecular weight excluding hydrogens is 314 g/mol. The first-order valence-electron chi connectivity index (χ1n) is 8.90. The molecule has 1 aliphatic carbocycles. The highest BCUT2D eigenvalue weighted by Crippen LogP contribution is 2.27. The molecule has 1 saturated carbocycles. The average Bonchev–Trinajstić information content (AvgIpc) is 3.11. The Labute approximate surface area is 148 Å². The maximum Gasteiger partial charge on any atom is 0.248 e. The Hall–Kier alpha value is -2.56. The fourth-order valence-electron chi connectivity index (χ4n) is 2.99. The van der Waals surface area contributed by atoms with Gasteiger partial charge in [-0.25, -0.2) is 0 Å². The van der Waals surface area contributed by atoms with Crippen LogP contribution in [0.15, 0.2) is 54.4 Å². The quantitative estimate of drug-likeness (QED) is 0.808. The van der Waals surface area contributed by atoms with Crippen LogP contribution in [-0.2, 0) is 11.3 Å². The Morgan fingerprint density at radius 2 is 2.20 bits per heavy atom. The molecule has 2 aromatic rings. The van der Waals surface area contributed by atoms with Gasteiger partial charge in [0.15, 0.2) is 0 Å². The van der Waals surface area contributed by atoms with E-state index in [0.29, 0.717) is 13.2 Å². The van der Waals surface area contributed by atoms with Gasteiger partial charge in [-0.2, -0.15) is 5.10 Å². The SMILES string of the molecule is CC1CCC(=CC(=O)Nc2cccc(OCCn3cccn3)c2)CC1. The molecule has 1 heterocycles. The summed E-state index contributed by atoms with van der Waals surface area (Å²) in [5.41, 5.74) is 2.00. The van der Waals surface area contributed by atoms with E-state index in [2.05, 4.69) is 17.3 Å².